The molecule has 2 N–H and O–H groups in total. The van der Waals surface area contributed by atoms with Crippen molar-refractivity contribution < 1.29 is 17.6 Å². The Morgan fingerprint density at radius 1 is 1.27 bits per heavy atom. The van der Waals surface area contributed by atoms with Crippen molar-refractivity contribution in [2.75, 3.05) is 0 Å². The molecular weight excluding hydrogens is 162 g/mol. The third-order valence-electron chi connectivity index (χ3n) is 1.23. The molecule has 0 aromatic rings. The highest BCUT2D eigenvalue weighted by atomic mass is 19.4. The molecule has 0 aromatic carbocycles. The van der Waals surface area contributed by atoms with Crippen molar-refractivity contribution in [3.8, 4) is 0 Å². The van der Waals surface area contributed by atoms with Crippen LogP contribution < -0.4 is 5.73 Å². The molecule has 5 heteroatoms. The zero-order valence-corrected chi connectivity index (χ0v) is 6.16. The fraction of sp³-hybridized carbons (Fsp3) is 1.00. The van der Waals surface area contributed by atoms with Gasteiger partial charge in [-0.2, -0.15) is 13.2 Å². The van der Waals surface area contributed by atoms with E-state index in [9.17, 15) is 17.6 Å². The molecule has 0 aromatic heterocycles. The lowest BCUT2D eigenvalue weighted by Gasteiger charge is -2.12. The summed E-state index contributed by atoms with van der Waals surface area (Å²) >= 11 is 0. The van der Waals surface area contributed by atoms with E-state index in [1.165, 1.54) is 0 Å². The molecule has 0 aliphatic carbocycles. The van der Waals surface area contributed by atoms with E-state index in [1.807, 2.05) is 0 Å². The van der Waals surface area contributed by atoms with Crippen molar-refractivity contribution >= 4 is 0 Å². The van der Waals surface area contributed by atoms with E-state index in [4.69, 9.17) is 5.73 Å². The number of alkyl halides is 4. The van der Waals surface area contributed by atoms with E-state index >= 15 is 0 Å². The Hall–Kier alpha value is -0.320. The summed E-state index contributed by atoms with van der Waals surface area (Å²) in [6.07, 6.45) is -7.94. The third kappa shape index (κ3) is 5.01. The van der Waals surface area contributed by atoms with Gasteiger partial charge in [0.15, 0.2) is 6.17 Å². The fourth-order valence-electron chi connectivity index (χ4n) is 0.573. The second-order valence-corrected chi connectivity index (χ2v) is 2.56. The minimum absolute atomic E-state index is 0.0562. The maximum Gasteiger partial charge on any atom is 0.419 e. The van der Waals surface area contributed by atoms with Crippen LogP contribution in [0.15, 0.2) is 0 Å². The van der Waals surface area contributed by atoms with E-state index in [-0.39, 0.29) is 12.5 Å². The summed E-state index contributed by atoms with van der Waals surface area (Å²) in [6, 6.07) is -0.379. The number of rotatable bonds is 3. The summed E-state index contributed by atoms with van der Waals surface area (Å²) in [5.74, 6) is 0. The summed E-state index contributed by atoms with van der Waals surface area (Å²) < 4.78 is 46.5. The number of hydrogen-bond acceptors (Lipinski definition) is 1. The molecule has 0 aliphatic rings. The first-order chi connectivity index (χ1) is 4.84. The van der Waals surface area contributed by atoms with E-state index in [0.29, 0.717) is 0 Å². The number of nitrogens with two attached hydrogens (primary N) is 1. The third-order valence-corrected chi connectivity index (χ3v) is 1.23. The van der Waals surface area contributed by atoms with E-state index in [1.54, 1.807) is 6.92 Å². The van der Waals surface area contributed by atoms with E-state index < -0.39 is 18.8 Å². The maximum atomic E-state index is 12.1. The van der Waals surface area contributed by atoms with Crippen LogP contribution in [-0.4, -0.2) is 18.4 Å². The van der Waals surface area contributed by atoms with Crippen molar-refractivity contribution in [2.24, 2.45) is 5.73 Å². The summed E-state index contributed by atoms with van der Waals surface area (Å²) in [7, 11) is 0. The average Bonchev–Trinajstić information content (AvgIpc) is 1.80. The zero-order valence-electron chi connectivity index (χ0n) is 6.16. The summed E-state index contributed by atoms with van der Waals surface area (Å²) in [4.78, 5) is 0. The molecule has 0 aliphatic heterocycles. The van der Waals surface area contributed by atoms with E-state index in [0.717, 1.165) is 0 Å². The first kappa shape index (κ1) is 10.7. The van der Waals surface area contributed by atoms with Crippen LogP contribution in [-0.2, 0) is 0 Å². The molecule has 0 heterocycles. The Morgan fingerprint density at radius 3 is 2.00 bits per heavy atom. The highest BCUT2D eigenvalue weighted by molar-refractivity contribution is 4.67. The predicted octanol–water partition coefficient (Wildman–Crippen LogP) is 2.01. The quantitative estimate of drug-likeness (QED) is 0.649. The Kier molecular flexibility index (Phi) is 3.78. The van der Waals surface area contributed by atoms with Crippen LogP contribution in [0.2, 0.25) is 0 Å². The molecule has 0 bridgehead atoms. The van der Waals surface area contributed by atoms with Gasteiger partial charge in [0.25, 0.3) is 0 Å². The monoisotopic (exact) mass is 173 g/mol. The molecule has 0 radical (unpaired) electrons. The molecule has 0 saturated carbocycles. The van der Waals surface area contributed by atoms with Crippen LogP contribution in [0, 0.1) is 0 Å². The number of hydrogen-bond donors (Lipinski definition) is 1. The maximum absolute atomic E-state index is 12.1. The van der Waals surface area contributed by atoms with E-state index in [2.05, 4.69) is 0 Å². The molecule has 2 atom stereocenters. The minimum atomic E-state index is -4.73. The van der Waals surface area contributed by atoms with Crippen molar-refractivity contribution in [1.29, 1.82) is 0 Å². The normalized spacial score (nSPS) is 18.0. The SMILES string of the molecule is CC(N)CCC(F)C(F)(F)F. The molecule has 1 nitrogen and oxygen atoms in total. The van der Waals surface area contributed by atoms with Gasteiger partial charge in [0.1, 0.15) is 0 Å². The van der Waals surface area contributed by atoms with Crippen LogP contribution in [0.4, 0.5) is 17.6 Å². The van der Waals surface area contributed by atoms with Crippen LogP contribution in [0.25, 0.3) is 0 Å². The largest absolute Gasteiger partial charge is 0.419 e. The zero-order chi connectivity index (χ0) is 9.07. The Balaban J connectivity index is 3.61. The predicted molar refractivity (Wildman–Crippen MR) is 33.8 cm³/mol. The van der Waals surface area contributed by atoms with Gasteiger partial charge in [-0.25, -0.2) is 4.39 Å². The second kappa shape index (κ2) is 3.90. The van der Waals surface area contributed by atoms with Crippen LogP contribution in [0.1, 0.15) is 19.8 Å². The highest BCUT2D eigenvalue weighted by Gasteiger charge is 2.39. The second-order valence-electron chi connectivity index (χ2n) is 2.56. The first-order valence-electron chi connectivity index (χ1n) is 3.30. The van der Waals surface area contributed by atoms with Crippen LogP contribution in [0.5, 0.6) is 0 Å². The van der Waals surface area contributed by atoms with Gasteiger partial charge in [0.2, 0.25) is 0 Å². The van der Waals surface area contributed by atoms with Gasteiger partial charge in [-0.05, 0) is 19.8 Å². The summed E-state index contributed by atoms with van der Waals surface area (Å²) in [5, 5.41) is 0. The summed E-state index contributed by atoms with van der Waals surface area (Å²) in [6.45, 7) is 1.54. The molecule has 0 saturated heterocycles. The number of halogens is 4. The van der Waals surface area contributed by atoms with Gasteiger partial charge in [0, 0.05) is 6.04 Å². The van der Waals surface area contributed by atoms with Crippen LogP contribution >= 0.6 is 0 Å². The van der Waals surface area contributed by atoms with Gasteiger partial charge >= 0.3 is 6.18 Å². The van der Waals surface area contributed by atoms with Crippen molar-refractivity contribution in [3.63, 3.8) is 0 Å². The smallest absolute Gasteiger partial charge is 0.328 e. The minimum Gasteiger partial charge on any atom is -0.328 e. The van der Waals surface area contributed by atoms with Gasteiger partial charge < -0.3 is 5.73 Å². The van der Waals surface area contributed by atoms with Gasteiger partial charge in [-0.1, -0.05) is 0 Å². The fourth-order valence-corrected chi connectivity index (χ4v) is 0.573. The summed E-state index contributed by atoms with van der Waals surface area (Å²) in [5.41, 5.74) is 5.15. The standard InChI is InChI=1S/C6H11F4N/c1-4(11)2-3-5(7)6(8,9)10/h4-5H,2-3,11H2,1H3. The lowest BCUT2D eigenvalue weighted by molar-refractivity contribution is -0.182. The Bertz CT molecular complexity index is 110. The Morgan fingerprint density at radius 2 is 1.73 bits per heavy atom. The topological polar surface area (TPSA) is 26.0 Å². The molecule has 0 amide bonds. The van der Waals surface area contributed by atoms with Gasteiger partial charge in [-0.3, -0.25) is 0 Å². The van der Waals surface area contributed by atoms with Gasteiger partial charge in [0.05, 0.1) is 0 Å². The Labute approximate surface area is 62.6 Å². The molecule has 68 valence electrons. The van der Waals surface area contributed by atoms with Crippen molar-refractivity contribution in [2.45, 2.75) is 38.2 Å². The molecule has 0 spiro atoms. The average molecular weight is 173 g/mol. The highest BCUT2D eigenvalue weighted by Crippen LogP contribution is 2.26. The van der Waals surface area contributed by atoms with Gasteiger partial charge in [-0.15, -0.1) is 0 Å². The lowest BCUT2D eigenvalue weighted by atomic mass is 10.1. The molecule has 0 fully saturated rings. The lowest BCUT2D eigenvalue weighted by Crippen LogP contribution is -2.26. The molecule has 11 heavy (non-hydrogen) atoms. The molecular formula is C6H11F4N. The molecule has 0 rings (SSSR count). The van der Waals surface area contributed by atoms with Crippen molar-refractivity contribution in [1.82, 2.24) is 0 Å². The van der Waals surface area contributed by atoms with Crippen LogP contribution in [0.3, 0.4) is 0 Å². The first-order valence-corrected chi connectivity index (χ1v) is 3.30. The molecule has 2 unspecified atom stereocenters. The van der Waals surface area contributed by atoms with Crippen molar-refractivity contribution in [3.05, 3.63) is 0 Å².